The largest absolute Gasteiger partial charge is 0.480 e. The maximum absolute atomic E-state index is 11.0. The predicted octanol–water partition coefficient (Wildman–Crippen LogP) is -1.04. The summed E-state index contributed by atoms with van der Waals surface area (Å²) >= 11 is 0. The van der Waals surface area contributed by atoms with Crippen LogP contribution in [0.2, 0.25) is 0 Å². The topological polar surface area (TPSA) is 107 Å². The van der Waals surface area contributed by atoms with Crippen molar-refractivity contribution in [3.8, 4) is 0 Å². The number of carboxylic acid groups (broad SMARTS) is 1. The van der Waals surface area contributed by atoms with E-state index in [-0.39, 0.29) is 12.8 Å². The van der Waals surface area contributed by atoms with Gasteiger partial charge in [-0.3, -0.25) is 15.1 Å². The maximum Gasteiger partial charge on any atom is 0.326 e. The first-order valence-corrected chi connectivity index (χ1v) is 3.43. The zero-order valence-electron chi connectivity index (χ0n) is 6.28. The Bertz CT molecular complexity index is 250. The van der Waals surface area contributed by atoms with E-state index in [4.69, 9.17) is 16.2 Å². The zero-order chi connectivity index (χ0) is 9.30. The van der Waals surface area contributed by atoms with Crippen molar-refractivity contribution < 1.29 is 14.7 Å². The summed E-state index contributed by atoms with van der Waals surface area (Å²) in [6.45, 7) is 0. The first kappa shape index (κ1) is 8.51. The normalized spacial score (nSPS) is 22.8. The molecule has 1 atom stereocenters. The van der Waals surface area contributed by atoms with Crippen LogP contribution in [-0.2, 0) is 9.59 Å². The summed E-state index contributed by atoms with van der Waals surface area (Å²) in [4.78, 5) is 22.3. The SMILES string of the molecule is N=C(N)N1C(=O)CC[C@H]1C(=O)O. The van der Waals surface area contributed by atoms with Crippen molar-refractivity contribution in [2.75, 3.05) is 0 Å². The van der Waals surface area contributed by atoms with E-state index in [9.17, 15) is 9.59 Å². The molecule has 1 heterocycles. The van der Waals surface area contributed by atoms with Crippen LogP contribution in [0.3, 0.4) is 0 Å². The number of likely N-dealkylation sites (tertiary alicyclic amines) is 1. The number of guanidine groups is 1. The van der Waals surface area contributed by atoms with Gasteiger partial charge < -0.3 is 10.8 Å². The summed E-state index contributed by atoms with van der Waals surface area (Å²) in [5.41, 5.74) is 5.04. The second kappa shape index (κ2) is 2.80. The van der Waals surface area contributed by atoms with Gasteiger partial charge in [-0.1, -0.05) is 0 Å². The lowest BCUT2D eigenvalue weighted by atomic mass is 10.2. The molecule has 1 fully saturated rings. The van der Waals surface area contributed by atoms with Gasteiger partial charge in [0.1, 0.15) is 6.04 Å². The van der Waals surface area contributed by atoms with Crippen LogP contribution in [0.25, 0.3) is 0 Å². The highest BCUT2D eigenvalue weighted by Crippen LogP contribution is 2.17. The lowest BCUT2D eigenvalue weighted by Crippen LogP contribution is -2.46. The van der Waals surface area contributed by atoms with Crippen LogP contribution in [0.1, 0.15) is 12.8 Å². The Labute approximate surface area is 68.5 Å². The number of aliphatic carboxylic acids is 1. The second-order valence-electron chi connectivity index (χ2n) is 2.54. The quantitative estimate of drug-likeness (QED) is 0.345. The van der Waals surface area contributed by atoms with Gasteiger partial charge in [0.25, 0.3) is 0 Å². The van der Waals surface area contributed by atoms with Crippen LogP contribution in [0, 0.1) is 5.41 Å². The molecule has 1 aliphatic rings. The molecule has 12 heavy (non-hydrogen) atoms. The number of nitrogens with zero attached hydrogens (tertiary/aromatic N) is 1. The molecule has 1 aliphatic heterocycles. The molecule has 0 aliphatic carbocycles. The van der Waals surface area contributed by atoms with E-state index in [0.29, 0.717) is 0 Å². The molecule has 0 aromatic carbocycles. The molecule has 1 rings (SSSR count). The Morgan fingerprint density at radius 2 is 2.33 bits per heavy atom. The number of amides is 1. The minimum absolute atomic E-state index is 0.149. The number of carboxylic acids is 1. The van der Waals surface area contributed by atoms with Gasteiger partial charge in [0, 0.05) is 6.42 Å². The number of carbonyl (C=O) groups is 2. The van der Waals surface area contributed by atoms with Crippen molar-refractivity contribution in [1.82, 2.24) is 4.90 Å². The number of hydrogen-bond acceptors (Lipinski definition) is 3. The standard InChI is InChI=1S/C6H9N3O3/c7-6(8)9-3(5(11)12)1-2-4(9)10/h3H,1-2H2,(H3,7,8)(H,11,12)/t3-/m0/s1. The van der Waals surface area contributed by atoms with E-state index in [0.717, 1.165) is 4.90 Å². The number of nitrogens with one attached hydrogen (secondary N) is 1. The fourth-order valence-corrected chi connectivity index (χ4v) is 1.22. The molecule has 6 nitrogen and oxygen atoms in total. The minimum Gasteiger partial charge on any atom is -0.480 e. The molecule has 0 bridgehead atoms. The Morgan fingerprint density at radius 3 is 2.67 bits per heavy atom. The number of hydrogen-bond donors (Lipinski definition) is 3. The molecule has 66 valence electrons. The molecule has 6 heteroatoms. The van der Waals surface area contributed by atoms with E-state index in [2.05, 4.69) is 0 Å². The van der Waals surface area contributed by atoms with Crippen molar-refractivity contribution in [2.24, 2.45) is 5.73 Å². The molecule has 1 amide bonds. The van der Waals surface area contributed by atoms with Crippen molar-refractivity contribution in [3.05, 3.63) is 0 Å². The Morgan fingerprint density at radius 1 is 1.75 bits per heavy atom. The van der Waals surface area contributed by atoms with E-state index < -0.39 is 23.9 Å². The highest BCUT2D eigenvalue weighted by Gasteiger charge is 2.37. The van der Waals surface area contributed by atoms with Gasteiger partial charge in [0.15, 0.2) is 5.96 Å². The van der Waals surface area contributed by atoms with Crippen molar-refractivity contribution >= 4 is 17.8 Å². The number of carbonyl (C=O) groups excluding carboxylic acids is 1. The molecule has 0 unspecified atom stereocenters. The molecule has 0 saturated carbocycles. The summed E-state index contributed by atoms with van der Waals surface area (Å²) in [5, 5.41) is 15.6. The lowest BCUT2D eigenvalue weighted by Gasteiger charge is -2.18. The monoisotopic (exact) mass is 171 g/mol. The molecule has 0 spiro atoms. The molecule has 0 aromatic rings. The van der Waals surface area contributed by atoms with E-state index in [1.807, 2.05) is 0 Å². The summed E-state index contributed by atoms with van der Waals surface area (Å²) in [5.74, 6) is -2.00. The first-order valence-electron chi connectivity index (χ1n) is 3.43. The van der Waals surface area contributed by atoms with Crippen LogP contribution in [0.4, 0.5) is 0 Å². The van der Waals surface area contributed by atoms with Crippen LogP contribution in [0.15, 0.2) is 0 Å². The van der Waals surface area contributed by atoms with Gasteiger partial charge in [-0.25, -0.2) is 4.79 Å². The number of rotatable bonds is 1. The highest BCUT2D eigenvalue weighted by molar-refractivity contribution is 6.01. The van der Waals surface area contributed by atoms with E-state index in [1.165, 1.54) is 0 Å². The highest BCUT2D eigenvalue weighted by atomic mass is 16.4. The molecular formula is C6H9N3O3. The third-order valence-corrected chi connectivity index (χ3v) is 1.76. The number of nitrogens with two attached hydrogens (primary N) is 1. The van der Waals surface area contributed by atoms with Gasteiger partial charge >= 0.3 is 5.97 Å². The molecule has 1 saturated heterocycles. The van der Waals surface area contributed by atoms with Gasteiger partial charge in [-0.05, 0) is 6.42 Å². The smallest absolute Gasteiger partial charge is 0.326 e. The van der Waals surface area contributed by atoms with Crippen LogP contribution in [0.5, 0.6) is 0 Å². The van der Waals surface area contributed by atoms with Gasteiger partial charge in [-0.2, -0.15) is 0 Å². The van der Waals surface area contributed by atoms with E-state index >= 15 is 0 Å². The third kappa shape index (κ3) is 1.23. The Kier molecular flexibility index (Phi) is 1.99. The van der Waals surface area contributed by atoms with Crippen LogP contribution < -0.4 is 5.73 Å². The average Bonchev–Trinajstić information content (AvgIpc) is 2.30. The fourth-order valence-electron chi connectivity index (χ4n) is 1.22. The van der Waals surface area contributed by atoms with Crippen LogP contribution >= 0.6 is 0 Å². The minimum atomic E-state index is -1.11. The molecular weight excluding hydrogens is 162 g/mol. The fraction of sp³-hybridized carbons (Fsp3) is 0.500. The zero-order valence-corrected chi connectivity index (χ0v) is 6.28. The van der Waals surface area contributed by atoms with Gasteiger partial charge in [0.2, 0.25) is 5.91 Å². The molecule has 0 radical (unpaired) electrons. The summed E-state index contributed by atoms with van der Waals surface area (Å²) in [6.07, 6.45) is 0.379. The summed E-state index contributed by atoms with van der Waals surface area (Å²) < 4.78 is 0. The third-order valence-electron chi connectivity index (χ3n) is 1.76. The average molecular weight is 171 g/mol. The van der Waals surface area contributed by atoms with Crippen LogP contribution in [-0.4, -0.2) is 33.9 Å². The Balaban J connectivity index is 2.84. The summed E-state index contributed by atoms with van der Waals surface area (Å²) in [7, 11) is 0. The van der Waals surface area contributed by atoms with E-state index in [1.54, 1.807) is 0 Å². The molecule has 0 aromatic heterocycles. The van der Waals surface area contributed by atoms with Crippen molar-refractivity contribution in [3.63, 3.8) is 0 Å². The second-order valence-corrected chi connectivity index (χ2v) is 2.54. The molecule has 4 N–H and O–H groups in total. The van der Waals surface area contributed by atoms with Crippen molar-refractivity contribution in [2.45, 2.75) is 18.9 Å². The van der Waals surface area contributed by atoms with Crippen molar-refractivity contribution in [1.29, 1.82) is 5.41 Å². The maximum atomic E-state index is 11.0. The first-order chi connectivity index (χ1) is 5.54. The van der Waals surface area contributed by atoms with Gasteiger partial charge in [-0.15, -0.1) is 0 Å². The Hall–Kier alpha value is -1.59. The lowest BCUT2D eigenvalue weighted by molar-refractivity contribution is -0.143. The predicted molar refractivity (Wildman–Crippen MR) is 39.4 cm³/mol. The van der Waals surface area contributed by atoms with Gasteiger partial charge in [0.05, 0.1) is 0 Å². The summed E-state index contributed by atoms with van der Waals surface area (Å²) in [6, 6.07) is -0.949.